The molecule has 0 aliphatic carbocycles. The van der Waals surface area contributed by atoms with Crippen molar-refractivity contribution in [1.82, 2.24) is 0 Å². The van der Waals surface area contributed by atoms with Gasteiger partial charge in [0.15, 0.2) is 0 Å². The number of hydrogen-bond acceptors (Lipinski definition) is 1. The molecule has 0 saturated heterocycles. The van der Waals surface area contributed by atoms with Crippen LogP contribution in [0.2, 0.25) is 0 Å². The lowest BCUT2D eigenvalue weighted by Gasteiger charge is -2.11. The molecule has 0 unspecified atom stereocenters. The van der Waals surface area contributed by atoms with E-state index in [0.717, 1.165) is 17.8 Å². The normalized spacial score (nSPS) is 10.1. The van der Waals surface area contributed by atoms with Crippen LogP contribution < -0.4 is 5.32 Å². The summed E-state index contributed by atoms with van der Waals surface area (Å²) in [6.07, 6.45) is 0. The fraction of sp³-hybridized carbons (Fsp3) is 0.143. The van der Waals surface area contributed by atoms with E-state index in [1.54, 1.807) is 12.1 Å². The molecule has 1 N–H and O–H groups in total. The Labute approximate surface area is 94.9 Å². The summed E-state index contributed by atoms with van der Waals surface area (Å²) >= 11 is 0. The van der Waals surface area contributed by atoms with Crippen LogP contribution in [0.15, 0.2) is 48.5 Å². The van der Waals surface area contributed by atoms with Gasteiger partial charge in [-0.1, -0.05) is 36.4 Å². The molecule has 0 heterocycles. The Kier molecular flexibility index (Phi) is 3.20. The number of rotatable bonds is 3. The first-order chi connectivity index (χ1) is 7.83. The second-order valence-corrected chi connectivity index (χ2v) is 3.56. The second kappa shape index (κ2) is 4.79. The molecule has 1 nitrogen and oxygen atoms in total. The van der Waals surface area contributed by atoms with Gasteiger partial charge in [-0.05, 0) is 19.1 Å². The van der Waals surface area contributed by atoms with Gasteiger partial charge in [0, 0.05) is 23.4 Å². The van der Waals surface area contributed by atoms with E-state index in [1.165, 1.54) is 6.07 Å². The van der Waals surface area contributed by atoms with E-state index in [1.807, 2.05) is 37.3 Å². The molecule has 16 heavy (non-hydrogen) atoms. The molecular weight excluding hydrogens is 201 g/mol. The van der Waals surface area contributed by atoms with Crippen LogP contribution in [0.5, 0.6) is 0 Å². The van der Waals surface area contributed by atoms with Crippen molar-refractivity contribution in [2.45, 2.75) is 6.92 Å². The molecule has 82 valence electrons. The first kappa shape index (κ1) is 10.7. The van der Waals surface area contributed by atoms with Crippen molar-refractivity contribution in [3.8, 4) is 11.1 Å². The summed E-state index contributed by atoms with van der Waals surface area (Å²) in [5, 5.41) is 3.24. The lowest BCUT2D eigenvalue weighted by molar-refractivity contribution is 0.631. The van der Waals surface area contributed by atoms with Crippen LogP contribution in [-0.2, 0) is 0 Å². The molecule has 0 fully saturated rings. The van der Waals surface area contributed by atoms with Gasteiger partial charge < -0.3 is 5.32 Å². The fourth-order valence-electron chi connectivity index (χ4n) is 1.74. The van der Waals surface area contributed by atoms with E-state index < -0.39 is 0 Å². The van der Waals surface area contributed by atoms with Gasteiger partial charge in [-0.25, -0.2) is 4.39 Å². The van der Waals surface area contributed by atoms with Crippen LogP contribution in [0, 0.1) is 5.82 Å². The topological polar surface area (TPSA) is 12.0 Å². The van der Waals surface area contributed by atoms with Crippen LogP contribution in [0.4, 0.5) is 10.1 Å². The summed E-state index contributed by atoms with van der Waals surface area (Å²) < 4.78 is 13.7. The molecule has 2 heteroatoms. The van der Waals surface area contributed by atoms with Crippen molar-refractivity contribution in [3.05, 3.63) is 54.3 Å². The Morgan fingerprint density at radius 3 is 2.25 bits per heavy atom. The molecule has 0 aliphatic rings. The van der Waals surface area contributed by atoms with Crippen LogP contribution in [0.1, 0.15) is 6.92 Å². The molecule has 0 amide bonds. The zero-order valence-corrected chi connectivity index (χ0v) is 9.20. The predicted molar refractivity (Wildman–Crippen MR) is 66.0 cm³/mol. The minimum Gasteiger partial charge on any atom is -0.385 e. The van der Waals surface area contributed by atoms with E-state index in [0.29, 0.717) is 5.56 Å². The quantitative estimate of drug-likeness (QED) is 0.818. The highest BCUT2D eigenvalue weighted by atomic mass is 19.1. The molecule has 0 saturated carbocycles. The van der Waals surface area contributed by atoms with Gasteiger partial charge in [0.2, 0.25) is 0 Å². The molecule has 2 aromatic carbocycles. The number of anilines is 1. The lowest BCUT2D eigenvalue weighted by Crippen LogP contribution is -1.98. The highest BCUT2D eigenvalue weighted by Crippen LogP contribution is 2.29. The van der Waals surface area contributed by atoms with Crippen molar-refractivity contribution in [3.63, 3.8) is 0 Å². The van der Waals surface area contributed by atoms with Crippen molar-refractivity contribution >= 4 is 5.69 Å². The Morgan fingerprint density at radius 2 is 1.56 bits per heavy atom. The highest BCUT2D eigenvalue weighted by molar-refractivity contribution is 5.78. The Morgan fingerprint density at radius 1 is 0.938 bits per heavy atom. The molecule has 0 aromatic heterocycles. The maximum Gasteiger partial charge on any atom is 0.131 e. The average molecular weight is 215 g/mol. The van der Waals surface area contributed by atoms with E-state index in [9.17, 15) is 4.39 Å². The average Bonchev–Trinajstić information content (AvgIpc) is 2.31. The SMILES string of the molecule is CCNc1ccccc1-c1ccccc1F. The van der Waals surface area contributed by atoms with Gasteiger partial charge >= 0.3 is 0 Å². The molecule has 0 atom stereocenters. The van der Waals surface area contributed by atoms with Crippen LogP contribution >= 0.6 is 0 Å². The summed E-state index contributed by atoms with van der Waals surface area (Å²) in [6, 6.07) is 14.6. The van der Waals surface area contributed by atoms with E-state index in [2.05, 4.69) is 5.32 Å². The summed E-state index contributed by atoms with van der Waals surface area (Å²) in [4.78, 5) is 0. The van der Waals surface area contributed by atoms with E-state index in [-0.39, 0.29) is 5.82 Å². The summed E-state index contributed by atoms with van der Waals surface area (Å²) in [5.41, 5.74) is 2.51. The Hall–Kier alpha value is -1.83. The molecule has 0 bridgehead atoms. The first-order valence-corrected chi connectivity index (χ1v) is 5.40. The zero-order valence-electron chi connectivity index (χ0n) is 9.20. The van der Waals surface area contributed by atoms with Gasteiger partial charge in [-0.3, -0.25) is 0 Å². The molecule has 2 rings (SSSR count). The first-order valence-electron chi connectivity index (χ1n) is 5.40. The minimum absolute atomic E-state index is 0.187. The van der Waals surface area contributed by atoms with Crippen molar-refractivity contribution in [2.24, 2.45) is 0 Å². The van der Waals surface area contributed by atoms with Gasteiger partial charge in [0.25, 0.3) is 0 Å². The second-order valence-electron chi connectivity index (χ2n) is 3.56. The number of benzene rings is 2. The third-order valence-corrected chi connectivity index (χ3v) is 2.46. The van der Waals surface area contributed by atoms with E-state index in [4.69, 9.17) is 0 Å². The minimum atomic E-state index is -0.187. The van der Waals surface area contributed by atoms with Gasteiger partial charge in [-0.2, -0.15) is 0 Å². The maximum absolute atomic E-state index is 13.7. The molecule has 0 spiro atoms. The number of halogens is 1. The largest absolute Gasteiger partial charge is 0.385 e. The van der Waals surface area contributed by atoms with Crippen LogP contribution in [-0.4, -0.2) is 6.54 Å². The molecular formula is C14H14FN. The predicted octanol–water partition coefficient (Wildman–Crippen LogP) is 3.92. The summed E-state index contributed by atoms with van der Waals surface area (Å²) in [5.74, 6) is -0.187. The third-order valence-electron chi connectivity index (χ3n) is 2.46. The molecule has 0 radical (unpaired) electrons. The number of para-hydroxylation sites is 1. The van der Waals surface area contributed by atoms with Crippen LogP contribution in [0.25, 0.3) is 11.1 Å². The molecule has 2 aromatic rings. The van der Waals surface area contributed by atoms with Gasteiger partial charge in [0.05, 0.1) is 0 Å². The fourth-order valence-corrected chi connectivity index (χ4v) is 1.74. The third kappa shape index (κ3) is 2.06. The Balaban J connectivity index is 2.51. The van der Waals surface area contributed by atoms with Crippen LogP contribution in [0.3, 0.4) is 0 Å². The maximum atomic E-state index is 13.7. The molecule has 0 aliphatic heterocycles. The van der Waals surface area contributed by atoms with E-state index >= 15 is 0 Å². The van der Waals surface area contributed by atoms with Gasteiger partial charge in [0.1, 0.15) is 5.82 Å². The van der Waals surface area contributed by atoms with Gasteiger partial charge in [-0.15, -0.1) is 0 Å². The number of hydrogen-bond donors (Lipinski definition) is 1. The standard InChI is InChI=1S/C14H14FN/c1-2-16-14-10-6-4-8-12(14)11-7-3-5-9-13(11)15/h3-10,16H,2H2,1H3. The highest BCUT2D eigenvalue weighted by Gasteiger charge is 2.07. The Bertz CT molecular complexity index is 480. The number of nitrogens with one attached hydrogen (secondary N) is 1. The zero-order chi connectivity index (χ0) is 11.4. The lowest BCUT2D eigenvalue weighted by atomic mass is 10.0. The smallest absolute Gasteiger partial charge is 0.131 e. The van der Waals surface area contributed by atoms with Crippen molar-refractivity contribution < 1.29 is 4.39 Å². The monoisotopic (exact) mass is 215 g/mol. The van der Waals surface area contributed by atoms with Crippen molar-refractivity contribution in [1.29, 1.82) is 0 Å². The summed E-state index contributed by atoms with van der Waals surface area (Å²) in [7, 11) is 0. The van der Waals surface area contributed by atoms with Crippen molar-refractivity contribution in [2.75, 3.05) is 11.9 Å². The summed E-state index contributed by atoms with van der Waals surface area (Å²) in [6.45, 7) is 2.85.